The van der Waals surface area contributed by atoms with Gasteiger partial charge in [-0.1, -0.05) is 0 Å². The van der Waals surface area contributed by atoms with Gasteiger partial charge >= 0.3 is 5.97 Å². The van der Waals surface area contributed by atoms with E-state index < -0.39 is 5.97 Å². The maximum absolute atomic E-state index is 11.9. The molecule has 2 rings (SSSR count). The number of nitriles is 1. The molecule has 0 spiro atoms. The van der Waals surface area contributed by atoms with Gasteiger partial charge in [0.25, 0.3) is 0 Å². The van der Waals surface area contributed by atoms with E-state index in [2.05, 4.69) is 11.2 Å². The highest BCUT2D eigenvalue weighted by molar-refractivity contribution is 5.97. The summed E-state index contributed by atoms with van der Waals surface area (Å²) in [6.45, 7) is 6.12. The van der Waals surface area contributed by atoms with E-state index in [9.17, 15) is 4.79 Å². The van der Waals surface area contributed by atoms with Crippen LogP contribution in [0.2, 0.25) is 0 Å². The number of carbonyl (C=O) groups excluding carboxylic acids is 1. The van der Waals surface area contributed by atoms with Gasteiger partial charge in [0.2, 0.25) is 0 Å². The molecule has 108 valence electrons. The number of methoxy groups -OCH3 is 1. The maximum atomic E-state index is 11.9. The van der Waals surface area contributed by atoms with Crippen molar-refractivity contribution in [2.75, 3.05) is 7.11 Å². The highest BCUT2D eigenvalue weighted by Gasteiger charge is 2.19. The van der Waals surface area contributed by atoms with Crippen molar-refractivity contribution in [2.45, 2.75) is 26.3 Å². The van der Waals surface area contributed by atoms with Crippen LogP contribution < -0.4 is 0 Å². The van der Waals surface area contributed by atoms with E-state index in [0.717, 1.165) is 0 Å². The fourth-order valence-electron chi connectivity index (χ4n) is 1.95. The van der Waals surface area contributed by atoms with Gasteiger partial charge in [0.1, 0.15) is 0 Å². The highest BCUT2D eigenvalue weighted by Crippen LogP contribution is 2.26. The third-order valence-electron chi connectivity index (χ3n) is 3.11. The van der Waals surface area contributed by atoms with E-state index in [1.165, 1.54) is 7.11 Å². The third-order valence-corrected chi connectivity index (χ3v) is 3.11. The van der Waals surface area contributed by atoms with Crippen molar-refractivity contribution in [2.24, 2.45) is 0 Å². The Morgan fingerprint density at radius 1 is 1.33 bits per heavy atom. The van der Waals surface area contributed by atoms with Crippen molar-refractivity contribution >= 4 is 5.97 Å². The zero-order valence-corrected chi connectivity index (χ0v) is 12.5. The van der Waals surface area contributed by atoms with Crippen molar-refractivity contribution in [3.05, 3.63) is 41.6 Å². The van der Waals surface area contributed by atoms with E-state index in [1.54, 1.807) is 18.2 Å². The lowest BCUT2D eigenvalue weighted by atomic mass is 10.0. The smallest absolute Gasteiger partial charge is 0.338 e. The molecule has 5 nitrogen and oxygen atoms in total. The second-order valence-corrected chi connectivity index (χ2v) is 5.68. The number of carbonyl (C=O) groups is 1. The Balaban J connectivity index is 2.58. The first kappa shape index (κ1) is 14.8. The molecule has 0 unspecified atom stereocenters. The Labute approximate surface area is 123 Å². The molecular formula is C16H17N3O2. The fraction of sp³-hybridized carbons (Fsp3) is 0.312. The number of hydrogen-bond acceptors (Lipinski definition) is 4. The minimum Gasteiger partial charge on any atom is -0.465 e. The molecule has 0 radical (unpaired) electrons. The molecule has 0 bridgehead atoms. The van der Waals surface area contributed by atoms with E-state index >= 15 is 0 Å². The Hall–Kier alpha value is -2.61. The molecule has 0 aliphatic rings. The first-order valence-electron chi connectivity index (χ1n) is 6.56. The number of aromatic nitrogens is 2. The van der Waals surface area contributed by atoms with Crippen LogP contribution in [-0.4, -0.2) is 22.9 Å². The molecule has 0 aliphatic carbocycles. The average Bonchev–Trinajstić information content (AvgIpc) is 2.95. The summed E-state index contributed by atoms with van der Waals surface area (Å²) in [4.78, 5) is 11.9. The number of rotatable bonds is 2. The van der Waals surface area contributed by atoms with Crippen molar-refractivity contribution in [3.63, 3.8) is 0 Å². The zero-order chi connectivity index (χ0) is 15.6. The summed E-state index contributed by atoms with van der Waals surface area (Å²) >= 11 is 0. The van der Waals surface area contributed by atoms with Crippen LogP contribution in [0.25, 0.3) is 11.3 Å². The van der Waals surface area contributed by atoms with E-state index in [4.69, 9.17) is 10.00 Å². The predicted molar refractivity (Wildman–Crippen MR) is 78.7 cm³/mol. The van der Waals surface area contributed by atoms with E-state index in [1.807, 2.05) is 37.7 Å². The third kappa shape index (κ3) is 2.95. The molecule has 1 aromatic heterocycles. The van der Waals surface area contributed by atoms with E-state index in [-0.39, 0.29) is 5.54 Å². The first-order valence-corrected chi connectivity index (χ1v) is 6.56. The highest BCUT2D eigenvalue weighted by atomic mass is 16.5. The molecule has 1 aromatic carbocycles. The summed E-state index contributed by atoms with van der Waals surface area (Å²) in [5.41, 5.74) is 1.96. The van der Waals surface area contributed by atoms with Crippen LogP contribution in [0.4, 0.5) is 0 Å². The Morgan fingerprint density at radius 2 is 2.05 bits per heavy atom. The number of benzene rings is 1. The molecule has 0 fully saturated rings. The molecule has 0 aliphatic heterocycles. The van der Waals surface area contributed by atoms with Crippen molar-refractivity contribution in [1.82, 2.24) is 9.78 Å². The Bertz CT molecular complexity index is 718. The minimum absolute atomic E-state index is 0.156. The largest absolute Gasteiger partial charge is 0.465 e. The van der Waals surface area contributed by atoms with Gasteiger partial charge in [-0.2, -0.15) is 10.4 Å². The van der Waals surface area contributed by atoms with Crippen molar-refractivity contribution in [1.29, 1.82) is 5.26 Å². The average molecular weight is 283 g/mol. The molecule has 0 saturated carbocycles. The predicted octanol–water partition coefficient (Wildman–Crippen LogP) is 2.96. The van der Waals surface area contributed by atoms with Gasteiger partial charge in [0.15, 0.2) is 0 Å². The van der Waals surface area contributed by atoms with Crippen molar-refractivity contribution in [3.8, 4) is 17.3 Å². The van der Waals surface area contributed by atoms with Crippen LogP contribution in [0.5, 0.6) is 0 Å². The normalized spacial score (nSPS) is 11.0. The molecule has 5 heteroatoms. The molecule has 0 N–H and O–H groups in total. The number of nitrogens with zero attached hydrogens (tertiary/aromatic N) is 3. The summed E-state index contributed by atoms with van der Waals surface area (Å²) in [6.07, 6.45) is 1.86. The number of esters is 1. The molecule has 0 amide bonds. The second kappa shape index (κ2) is 5.41. The quantitative estimate of drug-likeness (QED) is 0.795. The summed E-state index contributed by atoms with van der Waals surface area (Å²) in [7, 11) is 1.33. The van der Waals surface area contributed by atoms with Crippen LogP contribution in [0, 0.1) is 11.3 Å². The lowest BCUT2D eigenvalue weighted by Crippen LogP contribution is -2.22. The monoisotopic (exact) mass is 283 g/mol. The van der Waals surface area contributed by atoms with Crippen LogP contribution >= 0.6 is 0 Å². The van der Waals surface area contributed by atoms with Crippen LogP contribution in [-0.2, 0) is 10.3 Å². The summed E-state index contributed by atoms with van der Waals surface area (Å²) in [5.74, 6) is -0.445. The first-order chi connectivity index (χ1) is 9.86. The summed E-state index contributed by atoms with van der Waals surface area (Å²) in [6, 6.07) is 8.74. The molecule has 0 atom stereocenters. The fourth-order valence-corrected chi connectivity index (χ4v) is 1.95. The number of ether oxygens (including phenoxy) is 1. The van der Waals surface area contributed by atoms with Gasteiger partial charge in [-0.25, -0.2) is 4.79 Å². The molecular weight excluding hydrogens is 266 g/mol. The van der Waals surface area contributed by atoms with Gasteiger partial charge in [-0.05, 0) is 45.0 Å². The van der Waals surface area contributed by atoms with Crippen LogP contribution in [0.1, 0.15) is 36.7 Å². The molecule has 21 heavy (non-hydrogen) atoms. The SMILES string of the molecule is COC(=O)c1ccc(C#N)cc1-c1ccn(C(C)(C)C)n1. The van der Waals surface area contributed by atoms with Crippen LogP contribution in [0.15, 0.2) is 30.5 Å². The topological polar surface area (TPSA) is 67.9 Å². The standard InChI is InChI=1S/C16H17N3O2/c1-16(2,3)19-8-7-14(18-19)13-9-11(10-17)5-6-12(13)15(20)21-4/h5-9H,1-4H3. The lowest BCUT2D eigenvalue weighted by Gasteiger charge is -2.19. The van der Waals surface area contributed by atoms with Crippen molar-refractivity contribution < 1.29 is 9.53 Å². The maximum Gasteiger partial charge on any atom is 0.338 e. The molecule has 1 heterocycles. The molecule has 0 saturated heterocycles. The Kier molecular flexibility index (Phi) is 3.81. The van der Waals surface area contributed by atoms with Gasteiger partial charge in [0, 0.05) is 11.8 Å². The van der Waals surface area contributed by atoms with Gasteiger partial charge in [-0.15, -0.1) is 0 Å². The minimum atomic E-state index is -0.445. The summed E-state index contributed by atoms with van der Waals surface area (Å²) < 4.78 is 6.61. The van der Waals surface area contributed by atoms with Gasteiger partial charge < -0.3 is 4.74 Å². The molecule has 2 aromatic rings. The number of hydrogen-bond donors (Lipinski definition) is 0. The summed E-state index contributed by atoms with van der Waals surface area (Å²) in [5, 5.41) is 13.5. The lowest BCUT2D eigenvalue weighted by molar-refractivity contribution is 0.0601. The van der Waals surface area contributed by atoms with Gasteiger partial charge in [0.05, 0.1) is 35.5 Å². The van der Waals surface area contributed by atoms with E-state index in [0.29, 0.717) is 22.4 Å². The second-order valence-electron chi connectivity index (χ2n) is 5.68. The Morgan fingerprint density at radius 3 is 2.57 bits per heavy atom. The zero-order valence-electron chi connectivity index (χ0n) is 12.5. The van der Waals surface area contributed by atoms with Gasteiger partial charge in [-0.3, -0.25) is 4.68 Å². The van der Waals surface area contributed by atoms with Crippen LogP contribution in [0.3, 0.4) is 0 Å².